The number of aromatic nitrogens is 1. The summed E-state index contributed by atoms with van der Waals surface area (Å²) in [7, 11) is 0. The number of aryl methyl sites for hydroxylation is 1. The van der Waals surface area contributed by atoms with E-state index in [4.69, 9.17) is 5.73 Å². The zero-order valence-corrected chi connectivity index (χ0v) is 11.2. The van der Waals surface area contributed by atoms with Gasteiger partial charge in [0.2, 0.25) is 5.91 Å². The number of rotatable bonds is 5. The molecule has 3 N–H and O–H groups in total. The summed E-state index contributed by atoms with van der Waals surface area (Å²) in [6, 6.07) is 1.44. The summed E-state index contributed by atoms with van der Waals surface area (Å²) in [5.74, 6) is 0.379. The molecule has 0 aliphatic heterocycles. The molecule has 5 nitrogen and oxygen atoms in total. The first-order chi connectivity index (χ1) is 8.40. The number of carbonyl (C=O) groups is 1. The van der Waals surface area contributed by atoms with E-state index < -0.39 is 0 Å². The lowest BCUT2D eigenvalue weighted by atomic mass is 10.1. The predicted molar refractivity (Wildman–Crippen MR) is 72.3 cm³/mol. The van der Waals surface area contributed by atoms with E-state index in [9.17, 15) is 9.59 Å². The van der Waals surface area contributed by atoms with Crippen molar-refractivity contribution < 1.29 is 4.79 Å². The Morgan fingerprint density at radius 3 is 2.78 bits per heavy atom. The van der Waals surface area contributed by atoms with Crippen LogP contribution in [0.5, 0.6) is 0 Å². The Kier molecular flexibility index (Phi) is 4.95. The molecule has 5 heteroatoms. The van der Waals surface area contributed by atoms with Gasteiger partial charge >= 0.3 is 0 Å². The first-order valence-corrected chi connectivity index (χ1v) is 6.13. The molecule has 100 valence electrons. The molecule has 0 aliphatic rings. The highest BCUT2D eigenvalue weighted by molar-refractivity contribution is 5.75. The Balaban J connectivity index is 2.60. The summed E-state index contributed by atoms with van der Waals surface area (Å²) in [6.45, 7) is 6.60. The summed E-state index contributed by atoms with van der Waals surface area (Å²) in [4.78, 5) is 23.3. The standard InChI is InChI=1S/C13H21N3O2/c1-9(2)4-5-15-12(17)8-16-7-11(14)10(3)6-13(16)18/h6-7,9H,4-5,8,14H2,1-3H3,(H,15,17). The average Bonchev–Trinajstić information content (AvgIpc) is 2.25. The molecule has 0 radical (unpaired) electrons. The molecule has 1 aromatic rings. The van der Waals surface area contributed by atoms with E-state index in [-0.39, 0.29) is 18.0 Å². The topological polar surface area (TPSA) is 77.1 Å². The van der Waals surface area contributed by atoms with Gasteiger partial charge in [-0.2, -0.15) is 0 Å². The Morgan fingerprint density at radius 2 is 2.17 bits per heavy atom. The Bertz CT molecular complexity index is 478. The highest BCUT2D eigenvalue weighted by Gasteiger charge is 2.06. The van der Waals surface area contributed by atoms with E-state index in [1.807, 2.05) is 0 Å². The number of carbonyl (C=O) groups excluding carboxylic acids is 1. The van der Waals surface area contributed by atoms with Gasteiger partial charge in [-0.15, -0.1) is 0 Å². The Labute approximate surface area is 107 Å². The predicted octanol–water partition coefficient (Wildman–Crippen LogP) is 0.901. The zero-order chi connectivity index (χ0) is 13.7. The van der Waals surface area contributed by atoms with Crippen LogP contribution in [0.25, 0.3) is 0 Å². The number of hydrogen-bond acceptors (Lipinski definition) is 3. The molecule has 1 aromatic heterocycles. The van der Waals surface area contributed by atoms with Crippen molar-refractivity contribution in [3.05, 3.63) is 28.2 Å². The van der Waals surface area contributed by atoms with Crippen LogP contribution in [0.4, 0.5) is 5.69 Å². The summed E-state index contributed by atoms with van der Waals surface area (Å²) < 4.78 is 1.33. The smallest absolute Gasteiger partial charge is 0.251 e. The minimum Gasteiger partial charge on any atom is -0.397 e. The van der Waals surface area contributed by atoms with Crippen LogP contribution in [0.15, 0.2) is 17.1 Å². The number of nitrogen functional groups attached to an aromatic ring is 1. The molecule has 0 fully saturated rings. The van der Waals surface area contributed by atoms with Gasteiger partial charge in [0.25, 0.3) is 5.56 Å². The number of hydrogen-bond donors (Lipinski definition) is 2. The van der Waals surface area contributed by atoms with Crippen molar-refractivity contribution in [3.8, 4) is 0 Å². The maximum absolute atomic E-state index is 11.6. The average molecular weight is 251 g/mol. The molecule has 18 heavy (non-hydrogen) atoms. The third-order valence-electron chi connectivity index (χ3n) is 2.73. The first-order valence-electron chi connectivity index (χ1n) is 6.13. The number of nitrogens with one attached hydrogen (secondary N) is 1. The third-order valence-corrected chi connectivity index (χ3v) is 2.73. The monoisotopic (exact) mass is 251 g/mol. The van der Waals surface area contributed by atoms with Crippen LogP contribution in [-0.4, -0.2) is 17.0 Å². The SMILES string of the molecule is Cc1cc(=O)n(CC(=O)NCCC(C)C)cc1N. The van der Waals surface area contributed by atoms with Gasteiger partial charge in [-0.25, -0.2) is 0 Å². The van der Waals surface area contributed by atoms with Crippen molar-refractivity contribution in [2.24, 2.45) is 5.92 Å². The lowest BCUT2D eigenvalue weighted by Gasteiger charge is -2.10. The van der Waals surface area contributed by atoms with Crippen molar-refractivity contribution in [3.63, 3.8) is 0 Å². The normalized spacial score (nSPS) is 10.7. The van der Waals surface area contributed by atoms with E-state index in [0.717, 1.165) is 12.0 Å². The summed E-state index contributed by atoms with van der Waals surface area (Å²) >= 11 is 0. The number of pyridine rings is 1. The van der Waals surface area contributed by atoms with Crippen molar-refractivity contribution >= 4 is 11.6 Å². The van der Waals surface area contributed by atoms with Crippen molar-refractivity contribution in [2.45, 2.75) is 33.7 Å². The Morgan fingerprint density at radius 1 is 1.50 bits per heavy atom. The molecule has 0 bridgehead atoms. The molecule has 0 atom stereocenters. The molecule has 0 unspecified atom stereocenters. The number of anilines is 1. The fourth-order valence-electron chi connectivity index (χ4n) is 1.52. The maximum Gasteiger partial charge on any atom is 0.251 e. The number of amides is 1. The van der Waals surface area contributed by atoms with Crippen molar-refractivity contribution in [1.29, 1.82) is 0 Å². The van der Waals surface area contributed by atoms with Gasteiger partial charge in [-0.05, 0) is 24.8 Å². The van der Waals surface area contributed by atoms with Gasteiger partial charge < -0.3 is 15.6 Å². The van der Waals surface area contributed by atoms with E-state index in [1.54, 1.807) is 6.92 Å². The van der Waals surface area contributed by atoms with Crippen molar-refractivity contribution in [2.75, 3.05) is 12.3 Å². The second-order valence-corrected chi connectivity index (χ2v) is 4.91. The molecular formula is C13H21N3O2. The summed E-state index contributed by atoms with van der Waals surface area (Å²) in [5, 5.41) is 2.78. The van der Waals surface area contributed by atoms with Crippen LogP contribution < -0.4 is 16.6 Å². The molecular weight excluding hydrogens is 230 g/mol. The summed E-state index contributed by atoms with van der Waals surface area (Å²) in [6.07, 6.45) is 2.44. The van der Waals surface area contributed by atoms with E-state index in [0.29, 0.717) is 18.2 Å². The van der Waals surface area contributed by atoms with E-state index >= 15 is 0 Å². The molecule has 0 aliphatic carbocycles. The second kappa shape index (κ2) is 6.23. The largest absolute Gasteiger partial charge is 0.397 e. The number of nitrogens with zero attached hydrogens (tertiary/aromatic N) is 1. The fraction of sp³-hybridized carbons (Fsp3) is 0.538. The molecule has 0 spiro atoms. The second-order valence-electron chi connectivity index (χ2n) is 4.91. The molecule has 1 heterocycles. The van der Waals surface area contributed by atoms with Crippen LogP contribution >= 0.6 is 0 Å². The maximum atomic E-state index is 11.6. The summed E-state index contributed by atoms with van der Waals surface area (Å²) in [5.41, 5.74) is 6.76. The van der Waals surface area contributed by atoms with E-state index in [1.165, 1.54) is 16.8 Å². The lowest BCUT2D eigenvalue weighted by Crippen LogP contribution is -2.33. The van der Waals surface area contributed by atoms with Crippen molar-refractivity contribution in [1.82, 2.24) is 9.88 Å². The van der Waals surface area contributed by atoms with Gasteiger partial charge in [-0.1, -0.05) is 13.8 Å². The molecule has 0 saturated heterocycles. The highest BCUT2D eigenvalue weighted by atomic mass is 16.2. The Hall–Kier alpha value is -1.78. The number of nitrogens with two attached hydrogens (primary N) is 1. The highest BCUT2D eigenvalue weighted by Crippen LogP contribution is 2.05. The molecule has 0 saturated carbocycles. The minimum atomic E-state index is -0.208. The van der Waals surface area contributed by atoms with Crippen LogP contribution in [0, 0.1) is 12.8 Å². The zero-order valence-electron chi connectivity index (χ0n) is 11.2. The van der Waals surface area contributed by atoms with Crippen LogP contribution in [0.2, 0.25) is 0 Å². The lowest BCUT2D eigenvalue weighted by molar-refractivity contribution is -0.121. The van der Waals surface area contributed by atoms with Gasteiger partial charge in [0.1, 0.15) is 6.54 Å². The molecule has 1 rings (SSSR count). The molecule has 0 aromatic carbocycles. The third kappa shape index (κ3) is 4.24. The van der Waals surface area contributed by atoms with Crippen LogP contribution in [-0.2, 0) is 11.3 Å². The first kappa shape index (κ1) is 14.3. The van der Waals surface area contributed by atoms with Gasteiger partial charge in [0.15, 0.2) is 0 Å². The van der Waals surface area contributed by atoms with Crippen LogP contribution in [0.1, 0.15) is 25.8 Å². The van der Waals surface area contributed by atoms with Gasteiger partial charge in [0.05, 0.1) is 5.69 Å². The van der Waals surface area contributed by atoms with Crippen LogP contribution in [0.3, 0.4) is 0 Å². The quantitative estimate of drug-likeness (QED) is 0.816. The molecule has 1 amide bonds. The van der Waals surface area contributed by atoms with E-state index in [2.05, 4.69) is 19.2 Å². The fourth-order valence-corrected chi connectivity index (χ4v) is 1.52. The van der Waals surface area contributed by atoms with Gasteiger partial charge in [0, 0.05) is 18.8 Å². The van der Waals surface area contributed by atoms with Gasteiger partial charge in [-0.3, -0.25) is 9.59 Å². The minimum absolute atomic E-state index is 0.0153.